The van der Waals surface area contributed by atoms with E-state index in [1.54, 1.807) is 0 Å². The number of anilines is 2. The summed E-state index contributed by atoms with van der Waals surface area (Å²) in [5, 5.41) is 6.20. The Morgan fingerprint density at radius 1 is 0.510 bits per heavy atom. The molecule has 2 aliphatic rings. The van der Waals surface area contributed by atoms with Crippen molar-refractivity contribution in [1.82, 2.24) is 0 Å². The molecule has 0 radical (unpaired) electrons. The van der Waals surface area contributed by atoms with Gasteiger partial charge in [0.25, 0.3) is 0 Å². The molecule has 0 aromatic heterocycles. The molecule has 0 aliphatic carbocycles. The van der Waals surface area contributed by atoms with Crippen LogP contribution in [0.15, 0.2) is 36.4 Å². The Bertz CT molecular complexity index is 1320. The van der Waals surface area contributed by atoms with Crippen molar-refractivity contribution in [3.63, 3.8) is 0 Å². The molecule has 10 heteroatoms. The van der Waals surface area contributed by atoms with Crippen molar-refractivity contribution in [2.45, 2.75) is 162 Å². The number of nitrogens with one attached hydrogen (secondary N) is 2. The lowest BCUT2D eigenvalue weighted by Crippen LogP contribution is -2.41. The van der Waals surface area contributed by atoms with E-state index in [1.807, 2.05) is 106 Å². The molecule has 2 saturated heterocycles. The maximum atomic E-state index is 12.7. The molecule has 8 nitrogen and oxygen atoms in total. The Morgan fingerprint density at radius 2 is 0.796 bits per heavy atom. The normalized spacial score (nSPS) is 18.9. The number of carbonyl (C=O) groups is 2. The van der Waals surface area contributed by atoms with E-state index in [1.165, 1.54) is 19.3 Å². The summed E-state index contributed by atoms with van der Waals surface area (Å²) < 4.78 is 24.8. The Hall–Kier alpha value is -2.65. The Labute approximate surface area is 296 Å². The van der Waals surface area contributed by atoms with Gasteiger partial charge in [0.15, 0.2) is 0 Å². The maximum absolute atomic E-state index is 12.7. The van der Waals surface area contributed by atoms with Crippen molar-refractivity contribution < 1.29 is 28.2 Å². The average molecular weight is 675 g/mol. The largest absolute Gasteiger partial charge is 0.494 e. The first kappa shape index (κ1) is 39.1. The van der Waals surface area contributed by atoms with Gasteiger partial charge < -0.3 is 29.3 Å². The molecular weight excluding hydrogens is 614 g/mol. The summed E-state index contributed by atoms with van der Waals surface area (Å²) in [7, 11) is -0.901. The van der Waals surface area contributed by atoms with E-state index < -0.39 is 36.6 Å². The number of rotatable bonds is 16. The standard InChI is InChI=1S/C39H60B2N2O6/c1-28-22-24-30(40-46-36(3,4)37(5,6)47-40)26-32(28)42-34(44)20-18-16-14-12-11-13-15-17-19-21-35(45)43-33-27-31(25-23-29(33)2)41-48-38(7,8)39(9,10)49-41/h22-27H,11-21H2,1-10H3,(H,42,44)(H,43,45). The highest BCUT2D eigenvalue weighted by molar-refractivity contribution is 6.62. The van der Waals surface area contributed by atoms with Crippen LogP contribution in [0.5, 0.6) is 0 Å². The Kier molecular flexibility index (Phi) is 12.9. The second-order valence-corrected chi connectivity index (χ2v) is 16.1. The van der Waals surface area contributed by atoms with Crippen molar-refractivity contribution in [3.8, 4) is 0 Å². The summed E-state index contributed by atoms with van der Waals surface area (Å²) in [6, 6.07) is 12.0. The van der Waals surface area contributed by atoms with Crippen LogP contribution in [0.4, 0.5) is 11.4 Å². The van der Waals surface area contributed by atoms with E-state index >= 15 is 0 Å². The van der Waals surface area contributed by atoms with Crippen LogP contribution in [-0.4, -0.2) is 48.5 Å². The van der Waals surface area contributed by atoms with Crippen LogP contribution in [0, 0.1) is 13.8 Å². The molecule has 0 bridgehead atoms. The van der Waals surface area contributed by atoms with Crippen molar-refractivity contribution in [2.75, 3.05) is 10.6 Å². The van der Waals surface area contributed by atoms with Crippen LogP contribution < -0.4 is 21.6 Å². The molecule has 49 heavy (non-hydrogen) atoms. The first-order valence-corrected chi connectivity index (χ1v) is 18.4. The second-order valence-electron chi connectivity index (χ2n) is 16.1. The van der Waals surface area contributed by atoms with Crippen molar-refractivity contribution in [1.29, 1.82) is 0 Å². The van der Waals surface area contributed by atoms with Crippen LogP contribution in [-0.2, 0) is 28.2 Å². The summed E-state index contributed by atoms with van der Waals surface area (Å²) in [6.07, 6.45) is 10.7. The minimum absolute atomic E-state index is 0.0472. The first-order chi connectivity index (χ1) is 22.9. The minimum atomic E-state index is -0.451. The lowest BCUT2D eigenvalue weighted by atomic mass is 9.78. The highest BCUT2D eigenvalue weighted by Gasteiger charge is 2.52. The summed E-state index contributed by atoms with van der Waals surface area (Å²) >= 11 is 0. The fourth-order valence-electron chi connectivity index (χ4n) is 6.03. The summed E-state index contributed by atoms with van der Waals surface area (Å²) in [5.74, 6) is 0.0944. The van der Waals surface area contributed by atoms with Gasteiger partial charge in [-0.1, -0.05) is 69.2 Å². The molecule has 2 aromatic carbocycles. The lowest BCUT2D eigenvalue weighted by molar-refractivity contribution is -0.117. The molecular formula is C39H60B2N2O6. The highest BCUT2D eigenvalue weighted by atomic mass is 16.7. The summed E-state index contributed by atoms with van der Waals surface area (Å²) in [4.78, 5) is 25.4. The number of unbranched alkanes of at least 4 members (excludes halogenated alkanes) is 8. The van der Waals surface area contributed by atoms with Gasteiger partial charge >= 0.3 is 14.2 Å². The van der Waals surface area contributed by atoms with Gasteiger partial charge in [-0.2, -0.15) is 0 Å². The monoisotopic (exact) mass is 674 g/mol. The number of hydrogen-bond acceptors (Lipinski definition) is 6. The molecule has 0 unspecified atom stereocenters. The maximum Gasteiger partial charge on any atom is 0.494 e. The highest BCUT2D eigenvalue weighted by Crippen LogP contribution is 2.38. The van der Waals surface area contributed by atoms with E-state index in [9.17, 15) is 9.59 Å². The van der Waals surface area contributed by atoms with E-state index in [-0.39, 0.29) is 11.8 Å². The van der Waals surface area contributed by atoms with Crippen molar-refractivity contribution in [2.24, 2.45) is 0 Å². The fourth-order valence-corrected chi connectivity index (χ4v) is 6.03. The topological polar surface area (TPSA) is 95.1 Å². The van der Waals surface area contributed by atoms with Gasteiger partial charge in [0, 0.05) is 24.2 Å². The third kappa shape index (κ3) is 10.2. The molecule has 2 fully saturated rings. The fraction of sp³-hybridized carbons (Fsp3) is 0.641. The lowest BCUT2D eigenvalue weighted by Gasteiger charge is -2.32. The van der Waals surface area contributed by atoms with E-state index in [2.05, 4.69) is 10.6 Å². The number of hydrogen-bond donors (Lipinski definition) is 2. The smallest absolute Gasteiger partial charge is 0.399 e. The van der Waals surface area contributed by atoms with Crippen molar-refractivity contribution in [3.05, 3.63) is 47.5 Å². The molecule has 268 valence electrons. The molecule has 2 heterocycles. The van der Waals surface area contributed by atoms with Gasteiger partial charge in [0.05, 0.1) is 22.4 Å². The van der Waals surface area contributed by atoms with Gasteiger partial charge in [-0.3, -0.25) is 9.59 Å². The SMILES string of the molecule is Cc1ccc(B2OC(C)(C)C(C)(C)O2)cc1NC(=O)CCCCCCCCCCCC(=O)Nc1cc(B2OC(C)(C)C(C)(C)O2)ccc1C. The van der Waals surface area contributed by atoms with Gasteiger partial charge in [0.2, 0.25) is 11.8 Å². The van der Waals surface area contributed by atoms with E-state index in [0.717, 1.165) is 72.0 Å². The molecule has 0 atom stereocenters. The quantitative estimate of drug-likeness (QED) is 0.140. The predicted molar refractivity (Wildman–Crippen MR) is 202 cm³/mol. The third-order valence-corrected chi connectivity index (χ3v) is 10.9. The zero-order valence-corrected chi connectivity index (χ0v) is 31.8. The van der Waals surface area contributed by atoms with Crippen LogP contribution >= 0.6 is 0 Å². The van der Waals surface area contributed by atoms with Crippen molar-refractivity contribution >= 4 is 48.4 Å². The average Bonchev–Trinajstić information content (AvgIpc) is 3.37. The summed E-state index contributed by atoms with van der Waals surface area (Å²) in [5.41, 5.74) is 3.88. The van der Waals surface area contributed by atoms with E-state index in [4.69, 9.17) is 18.6 Å². The molecule has 0 saturated carbocycles. The van der Waals surface area contributed by atoms with Gasteiger partial charge in [-0.25, -0.2) is 0 Å². The molecule has 2 aromatic rings. The number of carbonyl (C=O) groups excluding carboxylic acids is 2. The van der Waals surface area contributed by atoms with Gasteiger partial charge in [-0.05, 0) is 116 Å². The number of amides is 2. The Balaban J connectivity index is 1.05. The molecule has 2 N–H and O–H groups in total. The summed E-state index contributed by atoms with van der Waals surface area (Å²) in [6.45, 7) is 20.3. The van der Waals surface area contributed by atoms with Gasteiger partial charge in [0.1, 0.15) is 0 Å². The number of benzene rings is 2. The Morgan fingerprint density at radius 3 is 1.10 bits per heavy atom. The number of aryl methyl sites for hydroxylation is 2. The van der Waals surface area contributed by atoms with Crippen LogP contribution in [0.2, 0.25) is 0 Å². The minimum Gasteiger partial charge on any atom is -0.399 e. The van der Waals surface area contributed by atoms with Crippen LogP contribution in [0.3, 0.4) is 0 Å². The molecule has 2 aliphatic heterocycles. The van der Waals surface area contributed by atoms with Crippen LogP contribution in [0.25, 0.3) is 0 Å². The first-order valence-electron chi connectivity index (χ1n) is 18.4. The zero-order chi connectivity index (χ0) is 36.0. The molecule has 2 amide bonds. The molecule has 0 spiro atoms. The predicted octanol–water partition coefficient (Wildman–Crippen LogP) is 7.77. The third-order valence-electron chi connectivity index (χ3n) is 10.9. The second kappa shape index (κ2) is 16.1. The van der Waals surface area contributed by atoms with Gasteiger partial charge in [-0.15, -0.1) is 0 Å². The van der Waals surface area contributed by atoms with E-state index in [0.29, 0.717) is 12.8 Å². The van der Waals surface area contributed by atoms with Crippen LogP contribution in [0.1, 0.15) is 137 Å². The zero-order valence-electron chi connectivity index (χ0n) is 31.8. The molecule has 4 rings (SSSR count).